The lowest BCUT2D eigenvalue weighted by molar-refractivity contribution is -0.140. The topological polar surface area (TPSA) is 86.8 Å². The van der Waals surface area contributed by atoms with Gasteiger partial charge in [0.15, 0.2) is 0 Å². The number of carbonyl (C=O) groups excluding carboxylic acids is 2. The number of benzene rings is 4. The van der Waals surface area contributed by atoms with Crippen molar-refractivity contribution in [2.75, 3.05) is 10.8 Å². The van der Waals surface area contributed by atoms with Crippen molar-refractivity contribution in [1.82, 2.24) is 10.2 Å². The molecule has 0 spiro atoms. The van der Waals surface area contributed by atoms with Gasteiger partial charge in [-0.15, -0.1) is 0 Å². The van der Waals surface area contributed by atoms with Gasteiger partial charge in [0.05, 0.1) is 10.6 Å². The molecule has 0 aliphatic heterocycles. The van der Waals surface area contributed by atoms with Crippen LogP contribution < -0.4 is 9.62 Å². The Hall–Kier alpha value is -4.14. The second-order valence-corrected chi connectivity index (χ2v) is 13.6. The summed E-state index contributed by atoms with van der Waals surface area (Å²) in [6, 6.07) is 32.0. The minimum absolute atomic E-state index is 0.0576. The summed E-state index contributed by atoms with van der Waals surface area (Å²) in [7, 11) is -4.13. The summed E-state index contributed by atoms with van der Waals surface area (Å²) in [6.45, 7) is 5.18. The van der Waals surface area contributed by atoms with Crippen molar-refractivity contribution < 1.29 is 18.0 Å². The number of nitrogens with zero attached hydrogens (tertiary/aromatic N) is 2. The second-order valence-electron chi connectivity index (χ2n) is 11.3. The molecule has 0 fully saturated rings. The molecule has 4 rings (SSSR count). The van der Waals surface area contributed by atoms with E-state index in [1.54, 1.807) is 72.8 Å². The monoisotopic (exact) mass is 617 g/mol. The smallest absolute Gasteiger partial charge is 0.264 e. The van der Waals surface area contributed by atoms with Crippen LogP contribution in [0.2, 0.25) is 5.02 Å². The van der Waals surface area contributed by atoms with Gasteiger partial charge >= 0.3 is 0 Å². The van der Waals surface area contributed by atoms with Crippen molar-refractivity contribution in [3.63, 3.8) is 0 Å². The van der Waals surface area contributed by atoms with Crippen LogP contribution in [0.15, 0.2) is 120 Å². The predicted octanol–water partition coefficient (Wildman–Crippen LogP) is 6.09. The van der Waals surface area contributed by atoms with Crippen molar-refractivity contribution in [2.24, 2.45) is 0 Å². The van der Waals surface area contributed by atoms with Gasteiger partial charge in [0, 0.05) is 23.5 Å². The molecule has 0 saturated heterocycles. The summed E-state index contributed by atoms with van der Waals surface area (Å²) in [5.41, 5.74) is 1.39. The third-order valence-corrected chi connectivity index (χ3v) is 8.73. The van der Waals surface area contributed by atoms with Gasteiger partial charge in [-0.1, -0.05) is 90.5 Å². The minimum atomic E-state index is -4.13. The Bertz CT molecular complexity index is 1610. The van der Waals surface area contributed by atoms with E-state index in [4.69, 9.17) is 11.6 Å². The highest BCUT2D eigenvalue weighted by atomic mass is 35.5. The molecule has 0 aliphatic rings. The first-order valence-corrected chi connectivity index (χ1v) is 15.8. The quantitative estimate of drug-likeness (QED) is 0.221. The molecular weight excluding hydrogens is 582 g/mol. The van der Waals surface area contributed by atoms with E-state index < -0.39 is 34.1 Å². The van der Waals surface area contributed by atoms with Crippen LogP contribution in [0.4, 0.5) is 5.69 Å². The fourth-order valence-corrected chi connectivity index (χ4v) is 6.20. The molecule has 1 N–H and O–H groups in total. The van der Waals surface area contributed by atoms with Crippen LogP contribution >= 0.6 is 11.6 Å². The van der Waals surface area contributed by atoms with E-state index in [1.807, 2.05) is 51.1 Å². The van der Waals surface area contributed by atoms with Gasteiger partial charge in [-0.25, -0.2) is 8.42 Å². The third kappa shape index (κ3) is 8.69. The van der Waals surface area contributed by atoms with E-state index in [-0.39, 0.29) is 23.8 Å². The molecule has 9 heteroatoms. The number of hydrogen-bond donors (Lipinski definition) is 1. The molecule has 4 aromatic carbocycles. The predicted molar refractivity (Wildman–Crippen MR) is 171 cm³/mol. The Kier molecular flexibility index (Phi) is 10.3. The number of sulfonamides is 1. The number of nitrogens with one attached hydrogen (secondary N) is 1. The lowest BCUT2D eigenvalue weighted by atomic mass is 10.0. The highest BCUT2D eigenvalue weighted by Crippen LogP contribution is 2.25. The lowest BCUT2D eigenvalue weighted by Gasteiger charge is -2.35. The van der Waals surface area contributed by atoms with Gasteiger partial charge in [0.2, 0.25) is 11.8 Å². The largest absolute Gasteiger partial charge is 0.350 e. The molecule has 0 saturated carbocycles. The molecule has 0 radical (unpaired) electrons. The first kappa shape index (κ1) is 31.8. The highest BCUT2D eigenvalue weighted by Gasteiger charge is 2.35. The number of halogens is 1. The molecule has 0 unspecified atom stereocenters. The van der Waals surface area contributed by atoms with Crippen LogP contribution in [0.1, 0.15) is 31.9 Å². The maximum atomic E-state index is 14.4. The van der Waals surface area contributed by atoms with Gasteiger partial charge in [0.25, 0.3) is 10.0 Å². The Morgan fingerprint density at radius 3 is 1.86 bits per heavy atom. The molecule has 4 aromatic rings. The fourth-order valence-electron chi connectivity index (χ4n) is 4.64. The van der Waals surface area contributed by atoms with Crippen molar-refractivity contribution in [2.45, 2.75) is 50.2 Å². The summed E-state index contributed by atoms with van der Waals surface area (Å²) in [4.78, 5) is 29.8. The molecule has 7 nitrogen and oxygen atoms in total. The third-order valence-electron chi connectivity index (χ3n) is 6.69. The number of amides is 2. The summed E-state index contributed by atoms with van der Waals surface area (Å²) in [5.74, 6) is -0.862. The van der Waals surface area contributed by atoms with E-state index in [2.05, 4.69) is 5.32 Å². The average molecular weight is 618 g/mol. The summed E-state index contributed by atoms with van der Waals surface area (Å²) < 4.78 is 29.0. The molecule has 0 heterocycles. The van der Waals surface area contributed by atoms with E-state index in [1.165, 1.54) is 17.0 Å². The highest BCUT2D eigenvalue weighted by molar-refractivity contribution is 7.92. The van der Waals surface area contributed by atoms with Crippen molar-refractivity contribution in [3.8, 4) is 0 Å². The van der Waals surface area contributed by atoms with Crippen LogP contribution in [-0.4, -0.2) is 43.3 Å². The lowest BCUT2D eigenvalue weighted by Crippen LogP contribution is -2.56. The Morgan fingerprint density at radius 2 is 1.30 bits per heavy atom. The summed E-state index contributed by atoms with van der Waals surface area (Å²) in [6.07, 6.45) is 0.235. The maximum absolute atomic E-state index is 14.4. The normalized spacial score (nSPS) is 12.3. The maximum Gasteiger partial charge on any atom is 0.264 e. The van der Waals surface area contributed by atoms with E-state index in [9.17, 15) is 18.0 Å². The molecule has 43 heavy (non-hydrogen) atoms. The second kappa shape index (κ2) is 13.9. The van der Waals surface area contributed by atoms with Crippen LogP contribution in [0.25, 0.3) is 0 Å². The summed E-state index contributed by atoms with van der Waals surface area (Å²) >= 11 is 6.13. The Labute approximate surface area is 259 Å². The summed E-state index contributed by atoms with van der Waals surface area (Å²) in [5, 5.41) is 3.56. The zero-order valence-corrected chi connectivity index (χ0v) is 26.1. The minimum Gasteiger partial charge on any atom is -0.350 e. The number of carbonyl (C=O) groups is 2. The SMILES string of the molecule is CC(C)(C)NC(=O)[C@H](Cc1ccccc1)N(Cc1ccc(Cl)cc1)C(=O)CN(c1ccccc1)S(=O)(=O)c1ccccc1. The van der Waals surface area contributed by atoms with Gasteiger partial charge in [-0.3, -0.25) is 13.9 Å². The van der Waals surface area contributed by atoms with Gasteiger partial charge in [-0.05, 0) is 68.3 Å². The molecule has 224 valence electrons. The standard InChI is InChI=1S/C34H36ClN3O4S/c1-34(2,3)36-33(40)31(23-26-13-7-4-8-14-26)37(24-27-19-21-28(35)22-20-27)32(39)25-38(29-15-9-5-10-16-29)43(41,42)30-17-11-6-12-18-30/h4-22,31H,23-25H2,1-3H3,(H,36,40)/t31-/m0/s1. The first-order chi connectivity index (χ1) is 20.4. The Morgan fingerprint density at radius 1 is 0.767 bits per heavy atom. The molecule has 2 amide bonds. The van der Waals surface area contributed by atoms with E-state index in [0.29, 0.717) is 10.7 Å². The molecular formula is C34H36ClN3O4S. The Balaban J connectivity index is 1.79. The van der Waals surface area contributed by atoms with Crippen molar-refractivity contribution >= 4 is 39.1 Å². The van der Waals surface area contributed by atoms with Gasteiger partial charge < -0.3 is 10.2 Å². The van der Waals surface area contributed by atoms with Crippen molar-refractivity contribution in [3.05, 3.63) is 131 Å². The van der Waals surface area contributed by atoms with E-state index >= 15 is 0 Å². The number of hydrogen-bond acceptors (Lipinski definition) is 4. The van der Waals surface area contributed by atoms with Crippen LogP contribution in [0.5, 0.6) is 0 Å². The molecule has 0 aromatic heterocycles. The fraction of sp³-hybridized carbons (Fsp3) is 0.235. The zero-order chi connectivity index (χ0) is 31.0. The molecule has 0 aliphatic carbocycles. The van der Waals surface area contributed by atoms with E-state index in [0.717, 1.165) is 15.4 Å². The molecule has 0 bridgehead atoms. The number of para-hydroxylation sites is 1. The van der Waals surface area contributed by atoms with Crippen LogP contribution in [-0.2, 0) is 32.6 Å². The van der Waals surface area contributed by atoms with Gasteiger partial charge in [0.1, 0.15) is 12.6 Å². The average Bonchev–Trinajstić information content (AvgIpc) is 2.99. The van der Waals surface area contributed by atoms with Gasteiger partial charge in [-0.2, -0.15) is 0 Å². The molecule has 1 atom stereocenters. The van der Waals surface area contributed by atoms with Crippen LogP contribution in [0.3, 0.4) is 0 Å². The number of rotatable bonds is 11. The zero-order valence-electron chi connectivity index (χ0n) is 24.5. The van der Waals surface area contributed by atoms with Crippen molar-refractivity contribution in [1.29, 1.82) is 0 Å². The van der Waals surface area contributed by atoms with Crippen LogP contribution in [0, 0.1) is 0 Å². The first-order valence-electron chi connectivity index (χ1n) is 14.0. The number of anilines is 1.